The van der Waals surface area contributed by atoms with Crippen molar-refractivity contribution in [1.29, 1.82) is 0 Å². The highest BCUT2D eigenvalue weighted by molar-refractivity contribution is 5.16. The molecule has 1 rings (SSSR count). The Balaban J connectivity index is 2.41. The maximum absolute atomic E-state index is 2.38. The van der Waals surface area contributed by atoms with Gasteiger partial charge in [0.15, 0.2) is 0 Å². The second kappa shape index (κ2) is 2.55. The molecule has 0 aliphatic heterocycles. The monoisotopic (exact) mass is 124 g/mol. The van der Waals surface area contributed by atoms with Crippen LogP contribution in [0.15, 0.2) is 11.6 Å². The fourth-order valence-electron chi connectivity index (χ4n) is 1.47. The number of rotatable bonds is 1. The molecule has 0 N–H and O–H groups in total. The zero-order chi connectivity index (χ0) is 6.85. The van der Waals surface area contributed by atoms with Gasteiger partial charge in [0.25, 0.3) is 0 Å². The zero-order valence-electron chi connectivity index (χ0n) is 6.65. The minimum Gasteiger partial charge on any atom is -0.0853 e. The van der Waals surface area contributed by atoms with Crippen LogP contribution in [0.1, 0.15) is 33.6 Å². The van der Waals surface area contributed by atoms with Crippen LogP contribution in [0.4, 0.5) is 0 Å². The predicted molar refractivity (Wildman–Crippen MR) is 41.3 cm³/mol. The summed E-state index contributed by atoms with van der Waals surface area (Å²) in [7, 11) is 0. The SMILES string of the molecule is CCC=C1CC(C)C1C. The Kier molecular flexibility index (Phi) is 1.94. The van der Waals surface area contributed by atoms with Crippen molar-refractivity contribution in [2.75, 3.05) is 0 Å². The van der Waals surface area contributed by atoms with Crippen LogP contribution in [-0.4, -0.2) is 0 Å². The highest BCUT2D eigenvalue weighted by Crippen LogP contribution is 2.38. The smallest absolute Gasteiger partial charge is 0.0203 e. The lowest BCUT2D eigenvalue weighted by molar-refractivity contribution is 0.325. The van der Waals surface area contributed by atoms with E-state index in [1.54, 1.807) is 5.57 Å². The first-order valence-corrected chi connectivity index (χ1v) is 3.94. The molecule has 0 radical (unpaired) electrons. The van der Waals surface area contributed by atoms with Gasteiger partial charge in [-0.3, -0.25) is 0 Å². The van der Waals surface area contributed by atoms with Crippen molar-refractivity contribution in [3.8, 4) is 0 Å². The summed E-state index contributed by atoms with van der Waals surface area (Å²) in [6.45, 7) is 6.87. The molecule has 0 bridgehead atoms. The molecule has 2 atom stereocenters. The average molecular weight is 124 g/mol. The van der Waals surface area contributed by atoms with E-state index in [1.807, 2.05) is 0 Å². The summed E-state index contributed by atoms with van der Waals surface area (Å²) in [5.74, 6) is 1.83. The molecule has 0 saturated heterocycles. The van der Waals surface area contributed by atoms with Gasteiger partial charge in [0, 0.05) is 0 Å². The lowest BCUT2D eigenvalue weighted by atomic mass is 9.71. The van der Waals surface area contributed by atoms with Crippen molar-refractivity contribution in [2.24, 2.45) is 11.8 Å². The van der Waals surface area contributed by atoms with E-state index >= 15 is 0 Å². The third kappa shape index (κ3) is 1.17. The molecule has 2 unspecified atom stereocenters. The molecule has 0 aromatic heterocycles. The van der Waals surface area contributed by atoms with Gasteiger partial charge in [0.05, 0.1) is 0 Å². The van der Waals surface area contributed by atoms with Crippen LogP contribution in [0.5, 0.6) is 0 Å². The Labute approximate surface area is 58.0 Å². The molecule has 0 aromatic carbocycles. The summed E-state index contributed by atoms with van der Waals surface area (Å²) in [6.07, 6.45) is 4.95. The van der Waals surface area contributed by atoms with Gasteiger partial charge < -0.3 is 0 Å². The van der Waals surface area contributed by atoms with Gasteiger partial charge in [-0.15, -0.1) is 0 Å². The molecule has 1 fully saturated rings. The van der Waals surface area contributed by atoms with Crippen molar-refractivity contribution in [1.82, 2.24) is 0 Å². The maximum Gasteiger partial charge on any atom is -0.0203 e. The van der Waals surface area contributed by atoms with Crippen LogP contribution < -0.4 is 0 Å². The van der Waals surface area contributed by atoms with Crippen molar-refractivity contribution in [3.63, 3.8) is 0 Å². The van der Waals surface area contributed by atoms with E-state index in [-0.39, 0.29) is 0 Å². The molecule has 0 aromatic rings. The van der Waals surface area contributed by atoms with Crippen molar-refractivity contribution in [3.05, 3.63) is 11.6 Å². The fourth-order valence-corrected chi connectivity index (χ4v) is 1.47. The van der Waals surface area contributed by atoms with Gasteiger partial charge in [-0.05, 0) is 24.7 Å². The lowest BCUT2D eigenvalue weighted by Crippen LogP contribution is -2.23. The van der Waals surface area contributed by atoms with Gasteiger partial charge in [-0.1, -0.05) is 32.4 Å². The van der Waals surface area contributed by atoms with Crippen LogP contribution in [0, 0.1) is 11.8 Å². The Morgan fingerprint density at radius 2 is 2.22 bits per heavy atom. The Morgan fingerprint density at radius 1 is 1.56 bits per heavy atom. The number of allylic oxidation sites excluding steroid dienone is 2. The largest absolute Gasteiger partial charge is 0.0853 e. The van der Waals surface area contributed by atoms with E-state index < -0.39 is 0 Å². The molecule has 1 saturated carbocycles. The first-order chi connectivity index (χ1) is 4.25. The molecular weight excluding hydrogens is 108 g/mol. The Hall–Kier alpha value is -0.260. The normalized spacial score (nSPS) is 38.8. The number of hydrogen-bond acceptors (Lipinski definition) is 0. The standard InChI is InChI=1S/C9H16/c1-4-5-9-6-7(2)8(9)3/h5,7-8H,4,6H2,1-3H3. The lowest BCUT2D eigenvalue weighted by Gasteiger charge is -2.34. The van der Waals surface area contributed by atoms with E-state index in [1.165, 1.54) is 12.8 Å². The molecule has 1 aliphatic carbocycles. The van der Waals surface area contributed by atoms with Gasteiger partial charge in [-0.25, -0.2) is 0 Å². The van der Waals surface area contributed by atoms with Gasteiger partial charge >= 0.3 is 0 Å². The summed E-state index contributed by atoms with van der Waals surface area (Å²) < 4.78 is 0. The summed E-state index contributed by atoms with van der Waals surface area (Å²) in [5.41, 5.74) is 1.69. The third-order valence-corrected chi connectivity index (χ3v) is 2.46. The second-order valence-electron chi connectivity index (χ2n) is 3.16. The Morgan fingerprint density at radius 3 is 2.56 bits per heavy atom. The fraction of sp³-hybridized carbons (Fsp3) is 0.778. The maximum atomic E-state index is 2.38. The van der Waals surface area contributed by atoms with Crippen LogP contribution in [-0.2, 0) is 0 Å². The minimum atomic E-state index is 0.880. The summed E-state index contributed by atoms with van der Waals surface area (Å²) in [4.78, 5) is 0. The van der Waals surface area contributed by atoms with Crippen molar-refractivity contribution >= 4 is 0 Å². The highest BCUT2D eigenvalue weighted by atomic mass is 14.3. The first kappa shape index (κ1) is 6.85. The molecule has 0 spiro atoms. The van der Waals surface area contributed by atoms with Gasteiger partial charge in [-0.2, -0.15) is 0 Å². The molecule has 0 heteroatoms. The molecular formula is C9H16. The first-order valence-electron chi connectivity index (χ1n) is 3.94. The second-order valence-corrected chi connectivity index (χ2v) is 3.16. The molecule has 52 valence electrons. The van der Waals surface area contributed by atoms with E-state index in [0.29, 0.717) is 0 Å². The zero-order valence-corrected chi connectivity index (χ0v) is 6.65. The van der Waals surface area contributed by atoms with Crippen LogP contribution in [0.2, 0.25) is 0 Å². The summed E-state index contributed by atoms with van der Waals surface area (Å²) in [6, 6.07) is 0. The topological polar surface area (TPSA) is 0 Å². The molecule has 9 heavy (non-hydrogen) atoms. The van der Waals surface area contributed by atoms with E-state index in [0.717, 1.165) is 11.8 Å². The highest BCUT2D eigenvalue weighted by Gasteiger charge is 2.26. The van der Waals surface area contributed by atoms with E-state index in [4.69, 9.17) is 0 Å². The minimum absolute atomic E-state index is 0.880. The van der Waals surface area contributed by atoms with Crippen LogP contribution >= 0.6 is 0 Å². The third-order valence-electron chi connectivity index (χ3n) is 2.46. The number of hydrogen-bond donors (Lipinski definition) is 0. The summed E-state index contributed by atoms with van der Waals surface area (Å²) >= 11 is 0. The molecule has 0 amide bonds. The van der Waals surface area contributed by atoms with Crippen molar-refractivity contribution < 1.29 is 0 Å². The molecule has 0 heterocycles. The molecule has 1 aliphatic rings. The van der Waals surface area contributed by atoms with Crippen molar-refractivity contribution in [2.45, 2.75) is 33.6 Å². The quantitative estimate of drug-likeness (QED) is 0.471. The summed E-state index contributed by atoms with van der Waals surface area (Å²) in [5, 5.41) is 0. The van der Waals surface area contributed by atoms with Gasteiger partial charge in [0.1, 0.15) is 0 Å². The van der Waals surface area contributed by atoms with E-state index in [2.05, 4.69) is 26.8 Å². The average Bonchev–Trinajstić information content (AvgIpc) is 1.88. The van der Waals surface area contributed by atoms with E-state index in [9.17, 15) is 0 Å². The van der Waals surface area contributed by atoms with Crippen LogP contribution in [0.25, 0.3) is 0 Å². The van der Waals surface area contributed by atoms with Gasteiger partial charge in [0.2, 0.25) is 0 Å². The Bertz CT molecular complexity index is 122. The van der Waals surface area contributed by atoms with Crippen LogP contribution in [0.3, 0.4) is 0 Å². The molecule has 0 nitrogen and oxygen atoms in total. The predicted octanol–water partition coefficient (Wildman–Crippen LogP) is 3.00.